The van der Waals surface area contributed by atoms with Gasteiger partial charge in [0.1, 0.15) is 5.82 Å². The number of hydrogen-bond donors (Lipinski definition) is 2. The maximum Gasteiger partial charge on any atom is 0.387 e. The van der Waals surface area contributed by atoms with Crippen LogP contribution in [0.15, 0.2) is 41.5 Å². The van der Waals surface area contributed by atoms with Crippen molar-refractivity contribution in [3.63, 3.8) is 0 Å². The first kappa shape index (κ1) is 26.8. The molecule has 2 heterocycles. The van der Waals surface area contributed by atoms with Crippen LogP contribution in [0, 0.1) is 0 Å². The monoisotopic (exact) mass is 577 g/mol. The molecule has 0 atom stereocenters. The van der Waals surface area contributed by atoms with Gasteiger partial charge in [-0.2, -0.15) is 8.78 Å². The lowest BCUT2D eigenvalue weighted by Crippen LogP contribution is -2.39. The molecule has 0 saturated carbocycles. The van der Waals surface area contributed by atoms with Crippen molar-refractivity contribution in [1.82, 2.24) is 15.6 Å². The van der Waals surface area contributed by atoms with E-state index in [4.69, 9.17) is 14.2 Å². The van der Waals surface area contributed by atoms with Crippen LogP contribution >= 0.6 is 24.0 Å². The molecule has 0 radical (unpaired) electrons. The molecule has 11 heteroatoms. The summed E-state index contributed by atoms with van der Waals surface area (Å²) in [6.07, 6.45) is 1.78. The Hall–Kier alpha value is -2.41. The van der Waals surface area contributed by atoms with Crippen LogP contribution in [0.3, 0.4) is 0 Å². The third kappa shape index (κ3) is 7.84. The van der Waals surface area contributed by atoms with Crippen molar-refractivity contribution in [1.29, 1.82) is 0 Å². The van der Waals surface area contributed by atoms with Crippen molar-refractivity contribution >= 4 is 35.8 Å². The van der Waals surface area contributed by atoms with Crippen molar-refractivity contribution in [2.45, 2.75) is 26.6 Å². The molecule has 3 rings (SSSR count). The molecule has 1 aromatic heterocycles. The summed E-state index contributed by atoms with van der Waals surface area (Å²) in [7, 11) is 1.65. The molecule has 1 aromatic carbocycles. The number of halogens is 3. The van der Waals surface area contributed by atoms with Gasteiger partial charge in [0.2, 0.25) is 0 Å². The van der Waals surface area contributed by atoms with Gasteiger partial charge in [0.15, 0.2) is 17.5 Å². The Morgan fingerprint density at radius 1 is 1.15 bits per heavy atom. The zero-order chi connectivity index (χ0) is 22.8. The molecule has 2 aromatic rings. The molecule has 1 aliphatic heterocycles. The molecular weight excluding hydrogens is 547 g/mol. The highest BCUT2D eigenvalue weighted by Gasteiger charge is 2.17. The molecule has 0 aliphatic carbocycles. The van der Waals surface area contributed by atoms with E-state index in [0.717, 1.165) is 24.5 Å². The van der Waals surface area contributed by atoms with Crippen LogP contribution in [-0.4, -0.2) is 57.5 Å². The number of alkyl halides is 2. The predicted octanol–water partition coefficient (Wildman–Crippen LogP) is 3.40. The van der Waals surface area contributed by atoms with Crippen LogP contribution in [0.25, 0.3) is 0 Å². The highest BCUT2D eigenvalue weighted by Crippen LogP contribution is 2.32. The number of aliphatic imine (C=N–C) groups is 1. The summed E-state index contributed by atoms with van der Waals surface area (Å²) in [6.45, 7) is 2.85. The highest BCUT2D eigenvalue weighted by atomic mass is 127. The summed E-state index contributed by atoms with van der Waals surface area (Å²) >= 11 is 0. The molecule has 8 nitrogen and oxygen atoms in total. The Bertz CT molecular complexity index is 898. The molecule has 182 valence electrons. The van der Waals surface area contributed by atoms with E-state index >= 15 is 0 Å². The Kier molecular flexibility index (Phi) is 11.4. The summed E-state index contributed by atoms with van der Waals surface area (Å²) in [5.41, 5.74) is 1.56. The number of nitrogens with zero attached hydrogens (tertiary/aromatic N) is 3. The normalized spacial score (nSPS) is 14.0. The fourth-order valence-corrected chi connectivity index (χ4v) is 3.40. The zero-order valence-electron chi connectivity index (χ0n) is 18.7. The highest BCUT2D eigenvalue weighted by molar-refractivity contribution is 14.0. The second-order valence-electron chi connectivity index (χ2n) is 6.92. The molecule has 2 N–H and O–H groups in total. The number of rotatable bonds is 9. The first-order chi connectivity index (χ1) is 15.6. The van der Waals surface area contributed by atoms with E-state index in [1.807, 2.05) is 12.1 Å². The molecule has 1 aliphatic rings. The Labute approximate surface area is 209 Å². The minimum absolute atomic E-state index is 0. The van der Waals surface area contributed by atoms with Crippen molar-refractivity contribution in [3.8, 4) is 11.5 Å². The van der Waals surface area contributed by atoms with Gasteiger partial charge in [-0.25, -0.2) is 4.98 Å². The summed E-state index contributed by atoms with van der Waals surface area (Å²) in [5, 5.41) is 6.40. The van der Waals surface area contributed by atoms with Crippen LogP contribution in [-0.2, 0) is 17.8 Å². The van der Waals surface area contributed by atoms with E-state index in [1.54, 1.807) is 38.4 Å². The lowest BCUT2D eigenvalue weighted by atomic mass is 10.2. The van der Waals surface area contributed by atoms with Crippen molar-refractivity contribution in [2.24, 2.45) is 4.99 Å². The van der Waals surface area contributed by atoms with Gasteiger partial charge in [0.25, 0.3) is 0 Å². The third-order valence-electron chi connectivity index (χ3n) is 4.86. The number of anilines is 1. The fourth-order valence-electron chi connectivity index (χ4n) is 3.40. The van der Waals surface area contributed by atoms with E-state index in [1.165, 1.54) is 0 Å². The number of nitrogens with one attached hydrogen (secondary N) is 2. The first-order valence-corrected chi connectivity index (χ1v) is 10.5. The largest absolute Gasteiger partial charge is 0.490 e. The topological polar surface area (TPSA) is 80.2 Å². The Balaban J connectivity index is 0.00000385. The molecule has 0 amide bonds. The number of guanidine groups is 1. The quantitative estimate of drug-likeness (QED) is 0.269. The van der Waals surface area contributed by atoms with Crippen LogP contribution < -0.4 is 25.0 Å². The van der Waals surface area contributed by atoms with Crippen LogP contribution in [0.1, 0.15) is 18.1 Å². The molecule has 0 bridgehead atoms. The van der Waals surface area contributed by atoms with E-state index < -0.39 is 6.61 Å². The maximum absolute atomic E-state index is 12.9. The summed E-state index contributed by atoms with van der Waals surface area (Å²) in [4.78, 5) is 11.0. The fraction of sp³-hybridized carbons (Fsp3) is 0.455. The van der Waals surface area contributed by atoms with Gasteiger partial charge in [-0.3, -0.25) is 4.99 Å². The van der Waals surface area contributed by atoms with Crippen LogP contribution in [0.5, 0.6) is 11.5 Å². The summed E-state index contributed by atoms with van der Waals surface area (Å²) < 4.78 is 41.5. The van der Waals surface area contributed by atoms with Crippen molar-refractivity contribution < 1.29 is 23.0 Å². The second-order valence-corrected chi connectivity index (χ2v) is 6.92. The second kappa shape index (κ2) is 14.0. The molecular formula is C22H30F2IN5O3. The molecule has 1 saturated heterocycles. The number of pyridine rings is 1. The van der Waals surface area contributed by atoms with E-state index in [2.05, 4.69) is 25.5 Å². The minimum Gasteiger partial charge on any atom is -0.490 e. The van der Waals surface area contributed by atoms with Gasteiger partial charge in [0.05, 0.1) is 19.8 Å². The SMILES string of the molecule is CCOc1cccc(CNC(=NC)NCc2cccnc2N2CCOCC2)c1OC(F)F.I. The minimum atomic E-state index is -2.95. The summed E-state index contributed by atoms with van der Waals surface area (Å²) in [6, 6.07) is 8.95. The molecule has 33 heavy (non-hydrogen) atoms. The van der Waals surface area contributed by atoms with Gasteiger partial charge in [0, 0.05) is 50.6 Å². The van der Waals surface area contributed by atoms with E-state index in [0.29, 0.717) is 37.9 Å². The van der Waals surface area contributed by atoms with Gasteiger partial charge < -0.3 is 29.7 Å². The third-order valence-corrected chi connectivity index (χ3v) is 4.86. The van der Waals surface area contributed by atoms with Gasteiger partial charge >= 0.3 is 6.61 Å². The van der Waals surface area contributed by atoms with Gasteiger partial charge in [-0.1, -0.05) is 18.2 Å². The van der Waals surface area contributed by atoms with Crippen molar-refractivity contribution in [2.75, 3.05) is 44.9 Å². The predicted molar refractivity (Wildman–Crippen MR) is 134 cm³/mol. The smallest absolute Gasteiger partial charge is 0.387 e. The average molecular weight is 577 g/mol. The number of morpholine rings is 1. The van der Waals surface area contributed by atoms with Gasteiger partial charge in [-0.15, -0.1) is 24.0 Å². The Morgan fingerprint density at radius 3 is 2.52 bits per heavy atom. The van der Waals surface area contributed by atoms with E-state index in [9.17, 15) is 8.78 Å². The van der Waals surface area contributed by atoms with Crippen molar-refractivity contribution in [3.05, 3.63) is 47.7 Å². The Morgan fingerprint density at radius 2 is 1.85 bits per heavy atom. The van der Waals surface area contributed by atoms with Crippen LogP contribution in [0.4, 0.5) is 14.6 Å². The maximum atomic E-state index is 12.9. The number of ether oxygens (including phenoxy) is 3. The number of aromatic nitrogens is 1. The molecule has 0 spiro atoms. The van der Waals surface area contributed by atoms with E-state index in [-0.39, 0.29) is 42.0 Å². The zero-order valence-corrected chi connectivity index (χ0v) is 21.1. The van der Waals surface area contributed by atoms with Crippen LogP contribution in [0.2, 0.25) is 0 Å². The lowest BCUT2D eigenvalue weighted by Gasteiger charge is -2.29. The van der Waals surface area contributed by atoms with Gasteiger partial charge in [-0.05, 0) is 19.1 Å². The summed E-state index contributed by atoms with van der Waals surface area (Å²) in [5.74, 6) is 1.73. The first-order valence-electron chi connectivity index (χ1n) is 10.5. The number of hydrogen-bond acceptors (Lipinski definition) is 6. The number of para-hydroxylation sites is 1. The lowest BCUT2D eigenvalue weighted by molar-refractivity contribution is -0.0520. The molecule has 1 fully saturated rings. The molecule has 0 unspecified atom stereocenters. The standard InChI is InChI=1S/C22H29F2N5O3.HI/c1-3-31-18-8-4-6-16(19(18)32-21(23)24)14-27-22(25-2)28-15-17-7-5-9-26-20(17)29-10-12-30-13-11-29;/h4-9,21H,3,10-15H2,1-2H3,(H2,25,27,28);1H. The average Bonchev–Trinajstić information content (AvgIpc) is 2.81. The number of benzene rings is 1.